The van der Waals surface area contributed by atoms with Crippen LogP contribution in [0.3, 0.4) is 0 Å². The van der Waals surface area contributed by atoms with Crippen LogP contribution < -0.4 is 5.56 Å². The molecule has 1 saturated carbocycles. The van der Waals surface area contributed by atoms with Gasteiger partial charge in [-0.25, -0.2) is 4.68 Å². The number of rotatable bonds is 3. The fourth-order valence-corrected chi connectivity index (χ4v) is 3.03. The molecule has 3 nitrogen and oxygen atoms in total. The number of nitrogens with zero attached hydrogens (tertiary/aromatic N) is 2. The molecule has 118 valence electrons. The van der Waals surface area contributed by atoms with Gasteiger partial charge in [0.15, 0.2) is 0 Å². The average Bonchev–Trinajstić information content (AvgIpc) is 3.10. The number of para-hydroxylation sites is 1. The average molecular weight is 375 g/mol. The van der Waals surface area contributed by atoms with E-state index in [-0.39, 0.29) is 10.0 Å². The van der Waals surface area contributed by atoms with Crippen LogP contribution in [0.2, 0.25) is 0 Å². The van der Waals surface area contributed by atoms with Gasteiger partial charge in [0.2, 0.25) is 0 Å². The van der Waals surface area contributed by atoms with Gasteiger partial charge in [-0.2, -0.15) is 13.2 Å². The van der Waals surface area contributed by atoms with Crippen LogP contribution in [0.5, 0.6) is 0 Å². The van der Waals surface area contributed by atoms with Crippen LogP contribution in [0, 0.1) is 0 Å². The minimum atomic E-state index is -4.51. The molecule has 2 aromatic rings. The molecule has 0 amide bonds. The number of benzene rings is 1. The first kappa shape index (κ1) is 15.4. The first-order chi connectivity index (χ1) is 10.3. The predicted octanol–water partition coefficient (Wildman–Crippen LogP) is 4.06. The lowest BCUT2D eigenvalue weighted by Gasteiger charge is -2.15. The van der Waals surface area contributed by atoms with Crippen molar-refractivity contribution in [3.05, 3.63) is 51.9 Å². The zero-order valence-electron chi connectivity index (χ0n) is 11.8. The van der Waals surface area contributed by atoms with E-state index in [0.717, 1.165) is 23.6 Å². The molecule has 3 rings (SSSR count). The van der Waals surface area contributed by atoms with Crippen LogP contribution in [0.25, 0.3) is 5.69 Å². The summed E-state index contributed by atoms with van der Waals surface area (Å²) in [5, 5.41) is 0. The van der Waals surface area contributed by atoms with Crippen LogP contribution in [0.1, 0.15) is 30.9 Å². The number of halogens is 4. The lowest BCUT2D eigenvalue weighted by Crippen LogP contribution is -2.26. The molecule has 0 atom stereocenters. The second kappa shape index (κ2) is 5.01. The highest BCUT2D eigenvalue weighted by Crippen LogP contribution is 2.52. The highest BCUT2D eigenvalue weighted by molar-refractivity contribution is 9.09. The van der Waals surface area contributed by atoms with Crippen LogP contribution in [0.4, 0.5) is 13.2 Å². The molecule has 0 N–H and O–H groups in total. The van der Waals surface area contributed by atoms with E-state index >= 15 is 0 Å². The Morgan fingerprint density at radius 1 is 1.27 bits per heavy atom. The Hall–Kier alpha value is -1.50. The minimum absolute atomic E-state index is 0.134. The molecule has 0 bridgehead atoms. The van der Waals surface area contributed by atoms with Crippen molar-refractivity contribution < 1.29 is 13.2 Å². The normalized spacial score (nSPS) is 16.8. The van der Waals surface area contributed by atoms with Crippen molar-refractivity contribution in [2.24, 2.45) is 0 Å². The minimum Gasteiger partial charge on any atom is -0.285 e. The van der Waals surface area contributed by atoms with Gasteiger partial charge in [0, 0.05) is 12.7 Å². The standard InChI is InChI=1S/C15H14BrF3N2O/c1-2-20-9-11(14(16)7-8-14)13(22)21(20)12-6-4-3-5-10(12)15(17,18)19/h3-6,9H,2,7-8H2,1H3. The number of aryl methyl sites for hydroxylation is 1. The van der Waals surface area contributed by atoms with Crippen LogP contribution >= 0.6 is 15.9 Å². The van der Waals surface area contributed by atoms with Crippen LogP contribution in [0.15, 0.2) is 35.3 Å². The van der Waals surface area contributed by atoms with Crippen LogP contribution in [-0.2, 0) is 17.0 Å². The number of aromatic nitrogens is 2. The molecule has 1 aliphatic carbocycles. The Morgan fingerprint density at radius 2 is 1.91 bits per heavy atom. The van der Waals surface area contributed by atoms with E-state index in [1.165, 1.54) is 22.9 Å². The predicted molar refractivity (Wildman–Crippen MR) is 80.5 cm³/mol. The van der Waals surface area contributed by atoms with E-state index in [0.29, 0.717) is 12.1 Å². The lowest BCUT2D eigenvalue weighted by atomic mass is 10.1. The van der Waals surface area contributed by atoms with E-state index in [4.69, 9.17) is 0 Å². The third-order valence-electron chi connectivity index (χ3n) is 3.89. The second-order valence-electron chi connectivity index (χ2n) is 5.40. The zero-order chi connectivity index (χ0) is 16.1. The van der Waals surface area contributed by atoms with Crippen molar-refractivity contribution in [3.63, 3.8) is 0 Å². The maximum atomic E-state index is 13.2. The van der Waals surface area contributed by atoms with Gasteiger partial charge in [0.05, 0.1) is 21.1 Å². The van der Waals surface area contributed by atoms with Gasteiger partial charge in [-0.1, -0.05) is 28.1 Å². The van der Waals surface area contributed by atoms with Gasteiger partial charge in [0.1, 0.15) is 0 Å². The molecule has 1 heterocycles. The molecule has 1 aliphatic rings. The molecule has 22 heavy (non-hydrogen) atoms. The molecule has 0 unspecified atom stereocenters. The fraction of sp³-hybridized carbons (Fsp3) is 0.400. The van der Waals surface area contributed by atoms with Crippen molar-refractivity contribution in [1.82, 2.24) is 9.36 Å². The topological polar surface area (TPSA) is 26.9 Å². The Morgan fingerprint density at radius 3 is 2.45 bits per heavy atom. The highest BCUT2D eigenvalue weighted by atomic mass is 79.9. The summed E-state index contributed by atoms with van der Waals surface area (Å²) in [5.74, 6) is 0. The molecule has 0 saturated heterocycles. The molecule has 0 aliphatic heterocycles. The molecular formula is C15H14BrF3N2O. The Labute approximate surface area is 133 Å². The summed E-state index contributed by atoms with van der Waals surface area (Å²) >= 11 is 3.51. The monoisotopic (exact) mass is 374 g/mol. The Balaban J connectivity index is 2.26. The van der Waals surface area contributed by atoms with Gasteiger partial charge >= 0.3 is 6.18 Å². The summed E-state index contributed by atoms with van der Waals surface area (Å²) in [4.78, 5) is 12.7. The van der Waals surface area contributed by atoms with Crippen molar-refractivity contribution in [2.75, 3.05) is 0 Å². The quantitative estimate of drug-likeness (QED) is 0.744. The number of hydrogen-bond acceptors (Lipinski definition) is 1. The second-order valence-corrected chi connectivity index (χ2v) is 6.91. The largest absolute Gasteiger partial charge is 0.418 e. The highest BCUT2D eigenvalue weighted by Gasteiger charge is 2.45. The van der Waals surface area contributed by atoms with Gasteiger partial charge in [-0.15, -0.1) is 0 Å². The van der Waals surface area contributed by atoms with Crippen molar-refractivity contribution in [1.29, 1.82) is 0 Å². The first-order valence-corrected chi connectivity index (χ1v) is 7.75. The van der Waals surface area contributed by atoms with Gasteiger partial charge in [-0.05, 0) is 31.9 Å². The maximum Gasteiger partial charge on any atom is 0.418 e. The molecule has 1 fully saturated rings. The smallest absolute Gasteiger partial charge is 0.285 e. The first-order valence-electron chi connectivity index (χ1n) is 6.96. The Kier molecular flexibility index (Phi) is 3.51. The van der Waals surface area contributed by atoms with Crippen LogP contribution in [-0.4, -0.2) is 9.36 Å². The van der Waals surface area contributed by atoms with Crippen molar-refractivity contribution in [3.8, 4) is 5.69 Å². The third-order valence-corrected chi connectivity index (χ3v) is 5.11. The van der Waals surface area contributed by atoms with Gasteiger partial charge in [0.25, 0.3) is 5.56 Å². The van der Waals surface area contributed by atoms with Crippen molar-refractivity contribution >= 4 is 15.9 Å². The molecule has 1 aromatic carbocycles. The van der Waals surface area contributed by atoms with Gasteiger partial charge < -0.3 is 0 Å². The number of hydrogen-bond donors (Lipinski definition) is 0. The summed E-state index contributed by atoms with van der Waals surface area (Å²) in [6, 6.07) is 5.15. The summed E-state index contributed by atoms with van der Waals surface area (Å²) < 4.78 is 41.9. The van der Waals surface area contributed by atoms with E-state index in [1.807, 2.05) is 0 Å². The zero-order valence-corrected chi connectivity index (χ0v) is 13.4. The summed E-state index contributed by atoms with van der Waals surface area (Å²) in [6.45, 7) is 2.20. The Bertz CT molecular complexity index is 772. The molecule has 1 aromatic heterocycles. The summed E-state index contributed by atoms with van der Waals surface area (Å²) in [6.07, 6.45) is -1.23. The van der Waals surface area contributed by atoms with Crippen molar-refractivity contribution in [2.45, 2.75) is 36.8 Å². The molecule has 7 heteroatoms. The third kappa shape index (κ3) is 2.41. The van der Waals surface area contributed by atoms with Gasteiger partial charge in [-0.3, -0.25) is 9.48 Å². The summed E-state index contributed by atoms with van der Waals surface area (Å²) in [7, 11) is 0. The van der Waals surface area contributed by atoms with E-state index in [1.54, 1.807) is 13.1 Å². The number of alkyl halides is 4. The molecular weight excluding hydrogens is 361 g/mol. The summed E-state index contributed by atoms with van der Waals surface area (Å²) in [5.41, 5.74) is -0.819. The maximum absolute atomic E-state index is 13.2. The fourth-order valence-electron chi connectivity index (χ4n) is 2.56. The molecule has 0 radical (unpaired) electrons. The van der Waals surface area contributed by atoms with E-state index < -0.39 is 17.3 Å². The lowest BCUT2D eigenvalue weighted by molar-refractivity contribution is -0.137. The molecule has 0 spiro atoms. The SMILES string of the molecule is CCn1cc(C2(Br)CC2)c(=O)n1-c1ccccc1C(F)(F)F. The van der Waals surface area contributed by atoms with E-state index in [9.17, 15) is 18.0 Å². The van der Waals surface area contributed by atoms with E-state index in [2.05, 4.69) is 15.9 Å².